The van der Waals surface area contributed by atoms with Crippen LogP contribution in [0.2, 0.25) is 0 Å². The van der Waals surface area contributed by atoms with Crippen LogP contribution < -0.4 is 0 Å². The summed E-state index contributed by atoms with van der Waals surface area (Å²) in [5.41, 5.74) is -0.392. The van der Waals surface area contributed by atoms with E-state index in [4.69, 9.17) is 4.74 Å². The minimum absolute atomic E-state index is 0.0805. The molecule has 0 aromatic carbocycles. The molecule has 2 bridgehead atoms. The zero-order valence-corrected chi connectivity index (χ0v) is 10.2. The molecule has 2 fully saturated rings. The molecule has 3 aliphatic rings. The molecule has 0 radical (unpaired) electrons. The summed E-state index contributed by atoms with van der Waals surface area (Å²) < 4.78 is 6.17. The summed E-state index contributed by atoms with van der Waals surface area (Å²) in [6.07, 6.45) is 9.58. The third-order valence-electron chi connectivity index (χ3n) is 5.06. The van der Waals surface area contributed by atoms with Crippen molar-refractivity contribution in [2.24, 2.45) is 11.3 Å². The van der Waals surface area contributed by atoms with Gasteiger partial charge in [-0.25, -0.2) is 0 Å². The first kappa shape index (κ1) is 10.5. The average Bonchev–Trinajstić information content (AvgIpc) is 2.53. The van der Waals surface area contributed by atoms with Gasteiger partial charge in [0, 0.05) is 5.41 Å². The predicted molar refractivity (Wildman–Crippen MR) is 62.1 cm³/mol. The van der Waals surface area contributed by atoms with Crippen LogP contribution in [0.3, 0.4) is 0 Å². The Hall–Kier alpha value is -0.630. The lowest BCUT2D eigenvalue weighted by atomic mass is 9.57. The number of ether oxygens (including phenoxy) is 1. The third kappa shape index (κ3) is 1.04. The van der Waals surface area contributed by atoms with E-state index in [0.717, 1.165) is 25.7 Å². The van der Waals surface area contributed by atoms with E-state index in [0.29, 0.717) is 5.92 Å². The highest BCUT2D eigenvalue weighted by Gasteiger charge is 2.65. The van der Waals surface area contributed by atoms with E-state index in [9.17, 15) is 4.79 Å². The molecular formula is C14H20O2. The van der Waals surface area contributed by atoms with Gasteiger partial charge in [0.1, 0.15) is 5.60 Å². The number of carbonyl (C=O) groups is 1. The Morgan fingerprint density at radius 2 is 2.38 bits per heavy atom. The molecular weight excluding hydrogens is 200 g/mol. The maximum absolute atomic E-state index is 12.4. The van der Waals surface area contributed by atoms with Crippen LogP contribution in [0.15, 0.2) is 12.2 Å². The predicted octanol–water partition coefficient (Wildman–Crippen LogP) is 2.87. The van der Waals surface area contributed by atoms with Gasteiger partial charge in [0.05, 0.1) is 6.10 Å². The molecule has 0 aromatic rings. The highest BCUT2D eigenvalue weighted by molar-refractivity contribution is 5.99. The lowest BCUT2D eigenvalue weighted by Gasteiger charge is -2.49. The Kier molecular flexibility index (Phi) is 2.10. The van der Waals surface area contributed by atoms with E-state index in [1.54, 1.807) is 6.08 Å². The van der Waals surface area contributed by atoms with Crippen LogP contribution in [0.5, 0.6) is 0 Å². The summed E-state index contributed by atoms with van der Waals surface area (Å²) in [4.78, 5) is 12.4. The summed E-state index contributed by atoms with van der Waals surface area (Å²) in [6.45, 7) is 4.45. The van der Waals surface area contributed by atoms with Crippen molar-refractivity contribution in [3.8, 4) is 0 Å². The number of ketones is 1. The van der Waals surface area contributed by atoms with E-state index in [-0.39, 0.29) is 17.3 Å². The lowest BCUT2D eigenvalue weighted by molar-refractivity contribution is -0.168. The van der Waals surface area contributed by atoms with Crippen molar-refractivity contribution in [1.82, 2.24) is 0 Å². The molecule has 16 heavy (non-hydrogen) atoms. The van der Waals surface area contributed by atoms with Gasteiger partial charge >= 0.3 is 0 Å². The maximum atomic E-state index is 12.4. The first-order valence-electron chi connectivity index (χ1n) is 6.53. The van der Waals surface area contributed by atoms with E-state index in [1.165, 1.54) is 6.42 Å². The van der Waals surface area contributed by atoms with Crippen molar-refractivity contribution in [1.29, 1.82) is 0 Å². The van der Waals surface area contributed by atoms with Crippen LogP contribution in [0.25, 0.3) is 0 Å². The Labute approximate surface area is 97.1 Å². The number of fused-ring (bicyclic) bond motifs is 1. The zero-order chi connectivity index (χ0) is 11.4. The average molecular weight is 220 g/mol. The van der Waals surface area contributed by atoms with Gasteiger partial charge in [0.2, 0.25) is 0 Å². The molecule has 1 saturated carbocycles. The van der Waals surface area contributed by atoms with Crippen LogP contribution in [0.1, 0.15) is 46.0 Å². The van der Waals surface area contributed by atoms with Gasteiger partial charge in [-0.3, -0.25) is 4.79 Å². The molecule has 0 aromatic heterocycles. The minimum atomic E-state index is -0.473. The van der Waals surface area contributed by atoms with Crippen LogP contribution in [0.4, 0.5) is 0 Å². The largest absolute Gasteiger partial charge is 0.359 e. The number of carbonyl (C=O) groups excluding carboxylic acids is 1. The highest BCUT2D eigenvalue weighted by atomic mass is 16.5. The van der Waals surface area contributed by atoms with Crippen LogP contribution in [0, 0.1) is 11.3 Å². The normalized spacial score (nSPS) is 50.5. The van der Waals surface area contributed by atoms with Crippen LogP contribution in [-0.2, 0) is 9.53 Å². The number of hydrogen-bond donors (Lipinski definition) is 0. The first-order valence-corrected chi connectivity index (χ1v) is 6.53. The molecule has 0 N–H and O–H groups in total. The van der Waals surface area contributed by atoms with Crippen molar-refractivity contribution in [2.45, 2.75) is 57.7 Å². The molecule has 2 heteroatoms. The fraction of sp³-hybridized carbons (Fsp3) is 0.786. The highest BCUT2D eigenvalue weighted by Crippen LogP contribution is 2.60. The summed E-state index contributed by atoms with van der Waals surface area (Å²) in [5.74, 6) is 0.656. The van der Waals surface area contributed by atoms with Gasteiger partial charge in [-0.05, 0) is 31.3 Å². The Balaban J connectivity index is 2.12. The van der Waals surface area contributed by atoms with Crippen molar-refractivity contribution in [3.63, 3.8) is 0 Å². The Morgan fingerprint density at radius 1 is 1.56 bits per heavy atom. The smallest absolute Gasteiger partial charge is 0.188 e. The second-order valence-electron chi connectivity index (χ2n) is 5.88. The molecule has 0 unspecified atom stereocenters. The van der Waals surface area contributed by atoms with E-state index >= 15 is 0 Å². The molecule has 4 atom stereocenters. The van der Waals surface area contributed by atoms with Crippen LogP contribution >= 0.6 is 0 Å². The van der Waals surface area contributed by atoms with Crippen molar-refractivity contribution < 1.29 is 9.53 Å². The number of hydrogen-bond acceptors (Lipinski definition) is 2. The summed E-state index contributed by atoms with van der Waals surface area (Å²) in [6, 6.07) is 0. The second kappa shape index (κ2) is 3.19. The SMILES string of the molecule is CC[C@H]1CCC[C@@]2(C)C[C@@H]3C=CC(=O)[C@]12O3. The molecule has 1 saturated heterocycles. The molecule has 1 aliphatic carbocycles. The zero-order valence-electron chi connectivity index (χ0n) is 10.2. The van der Waals surface area contributed by atoms with Gasteiger partial charge in [-0.2, -0.15) is 0 Å². The van der Waals surface area contributed by atoms with E-state index in [1.807, 2.05) is 6.08 Å². The molecule has 2 nitrogen and oxygen atoms in total. The van der Waals surface area contributed by atoms with Gasteiger partial charge < -0.3 is 4.74 Å². The molecule has 3 rings (SSSR count). The van der Waals surface area contributed by atoms with Crippen molar-refractivity contribution in [3.05, 3.63) is 12.2 Å². The topological polar surface area (TPSA) is 26.3 Å². The fourth-order valence-electron chi connectivity index (χ4n) is 4.31. The lowest BCUT2D eigenvalue weighted by Crippen LogP contribution is -2.57. The van der Waals surface area contributed by atoms with Gasteiger partial charge in [-0.1, -0.05) is 32.8 Å². The Morgan fingerprint density at radius 3 is 3.12 bits per heavy atom. The minimum Gasteiger partial charge on any atom is -0.359 e. The van der Waals surface area contributed by atoms with Crippen molar-refractivity contribution in [2.75, 3.05) is 0 Å². The summed E-state index contributed by atoms with van der Waals surface area (Å²) >= 11 is 0. The molecule has 0 amide bonds. The molecule has 2 heterocycles. The van der Waals surface area contributed by atoms with Gasteiger partial charge in [0.25, 0.3) is 0 Å². The van der Waals surface area contributed by atoms with Crippen LogP contribution in [-0.4, -0.2) is 17.5 Å². The molecule has 1 spiro atoms. The monoisotopic (exact) mass is 220 g/mol. The standard InChI is InChI=1S/C14H20O2/c1-3-10-5-4-8-13(2)9-11-6-7-12(15)14(10,13)16-11/h6-7,10-11H,3-5,8-9H2,1-2H3/t10-,11-,13-,14+/m0/s1. The van der Waals surface area contributed by atoms with E-state index in [2.05, 4.69) is 13.8 Å². The molecule has 2 aliphatic heterocycles. The fourth-order valence-corrected chi connectivity index (χ4v) is 4.31. The maximum Gasteiger partial charge on any atom is 0.188 e. The third-order valence-corrected chi connectivity index (χ3v) is 5.06. The van der Waals surface area contributed by atoms with Crippen molar-refractivity contribution >= 4 is 5.78 Å². The quantitative estimate of drug-likeness (QED) is 0.679. The second-order valence-corrected chi connectivity index (χ2v) is 5.88. The van der Waals surface area contributed by atoms with Gasteiger partial charge in [0.15, 0.2) is 5.78 Å². The molecule has 88 valence electrons. The van der Waals surface area contributed by atoms with E-state index < -0.39 is 5.60 Å². The van der Waals surface area contributed by atoms with Gasteiger partial charge in [-0.15, -0.1) is 0 Å². The summed E-state index contributed by atoms with van der Waals surface area (Å²) in [7, 11) is 0. The first-order chi connectivity index (χ1) is 7.62. The summed E-state index contributed by atoms with van der Waals surface area (Å²) in [5, 5.41) is 0. The Bertz CT molecular complexity index is 360. The number of rotatable bonds is 1.